The molecule has 0 saturated carbocycles. The van der Waals surface area contributed by atoms with E-state index in [1.807, 2.05) is 0 Å². The first-order valence-corrected chi connectivity index (χ1v) is 11.5. The van der Waals surface area contributed by atoms with Gasteiger partial charge in [-0.3, -0.25) is 9.52 Å². The molecule has 0 spiro atoms. The van der Waals surface area contributed by atoms with Gasteiger partial charge in [0.15, 0.2) is 0 Å². The fraction of sp³-hybridized carbons (Fsp3) is 0.235. The van der Waals surface area contributed by atoms with Crippen molar-refractivity contribution in [3.63, 3.8) is 0 Å². The molecule has 10 heteroatoms. The van der Waals surface area contributed by atoms with Gasteiger partial charge in [-0.25, -0.2) is 12.8 Å². The predicted octanol–water partition coefficient (Wildman–Crippen LogP) is 4.17. The van der Waals surface area contributed by atoms with Crippen LogP contribution < -0.4 is 10.0 Å². The van der Waals surface area contributed by atoms with Gasteiger partial charge in [-0.2, -0.15) is 11.8 Å². The van der Waals surface area contributed by atoms with E-state index in [4.69, 9.17) is 23.2 Å². The summed E-state index contributed by atoms with van der Waals surface area (Å²) in [4.78, 5) is 12.3. The van der Waals surface area contributed by atoms with Gasteiger partial charge in [0.25, 0.3) is 5.91 Å². The van der Waals surface area contributed by atoms with Gasteiger partial charge < -0.3 is 5.32 Å². The zero-order valence-corrected chi connectivity index (χ0v) is 17.4. The van der Waals surface area contributed by atoms with Crippen molar-refractivity contribution in [3.05, 3.63) is 63.4 Å². The number of anilines is 1. The molecule has 0 saturated heterocycles. The molecule has 0 aliphatic rings. The van der Waals surface area contributed by atoms with Crippen molar-refractivity contribution in [1.29, 1.82) is 0 Å². The summed E-state index contributed by atoms with van der Waals surface area (Å²) in [5.41, 5.74) is 0.834. The average Bonchev–Trinajstić information content (AvgIpc) is 2.57. The summed E-state index contributed by atoms with van der Waals surface area (Å²) in [6, 6.07) is 8.80. The monoisotopic (exact) mass is 450 g/mol. The summed E-state index contributed by atoms with van der Waals surface area (Å²) in [6.07, 6.45) is 1.01. The quantitative estimate of drug-likeness (QED) is 0.591. The lowest BCUT2D eigenvalue weighted by molar-refractivity contribution is 0.0956. The Morgan fingerprint density at radius 1 is 1.19 bits per heavy atom. The van der Waals surface area contributed by atoms with Crippen molar-refractivity contribution >= 4 is 56.6 Å². The van der Waals surface area contributed by atoms with Crippen LogP contribution in [0.4, 0.5) is 10.1 Å². The van der Waals surface area contributed by atoms with Crippen LogP contribution in [0.15, 0.2) is 36.4 Å². The molecule has 5 nitrogen and oxygen atoms in total. The van der Waals surface area contributed by atoms with Gasteiger partial charge in [-0.15, -0.1) is 0 Å². The van der Waals surface area contributed by atoms with Gasteiger partial charge in [0, 0.05) is 34.3 Å². The van der Waals surface area contributed by atoms with Crippen LogP contribution in [0.5, 0.6) is 0 Å². The molecule has 0 atom stereocenters. The van der Waals surface area contributed by atoms with Crippen LogP contribution in [-0.4, -0.2) is 32.9 Å². The number of hydrogen-bond acceptors (Lipinski definition) is 4. The minimum Gasteiger partial charge on any atom is -0.351 e. The number of carbonyl (C=O) groups is 1. The molecule has 2 aromatic rings. The molecule has 0 aromatic heterocycles. The van der Waals surface area contributed by atoms with Crippen LogP contribution >= 0.6 is 35.0 Å². The number of rotatable bonds is 8. The van der Waals surface area contributed by atoms with Crippen LogP contribution in [0.25, 0.3) is 0 Å². The maximum atomic E-state index is 13.7. The first-order chi connectivity index (χ1) is 12.7. The van der Waals surface area contributed by atoms with Gasteiger partial charge >= 0.3 is 0 Å². The molecular formula is C17H17Cl2FN2O3S2. The molecule has 0 heterocycles. The summed E-state index contributed by atoms with van der Waals surface area (Å²) in [5, 5.41) is 3.27. The zero-order chi connectivity index (χ0) is 20.0. The lowest BCUT2D eigenvalue weighted by Gasteiger charge is -2.10. The summed E-state index contributed by atoms with van der Waals surface area (Å²) >= 11 is 13.4. The standard InChI is InChI=1S/C17H17Cl2FN2O3S2/c1-27(24,25)22-11-5-6-15(19)12(9-11)17(23)21-7-8-26-10-13-14(18)3-2-4-16(13)20/h2-6,9,22H,7-8,10H2,1H3,(H,21,23). The van der Waals surface area contributed by atoms with Crippen LogP contribution in [0, 0.1) is 5.82 Å². The van der Waals surface area contributed by atoms with Crippen LogP contribution in [-0.2, 0) is 15.8 Å². The predicted molar refractivity (Wildman–Crippen MR) is 110 cm³/mol. The van der Waals surface area contributed by atoms with Gasteiger partial charge in [-0.1, -0.05) is 29.3 Å². The third kappa shape index (κ3) is 6.88. The highest BCUT2D eigenvalue weighted by Gasteiger charge is 2.13. The topological polar surface area (TPSA) is 75.3 Å². The van der Waals surface area contributed by atoms with E-state index in [2.05, 4.69) is 10.0 Å². The molecule has 0 aliphatic carbocycles. The Bertz CT molecular complexity index is 920. The van der Waals surface area contributed by atoms with E-state index < -0.39 is 15.9 Å². The molecule has 0 unspecified atom stereocenters. The number of carbonyl (C=O) groups excluding carboxylic acids is 1. The smallest absolute Gasteiger partial charge is 0.252 e. The Kier molecular flexibility index (Phi) is 7.79. The van der Waals surface area contributed by atoms with E-state index >= 15 is 0 Å². The minimum atomic E-state index is -3.46. The fourth-order valence-electron chi connectivity index (χ4n) is 2.15. The summed E-state index contributed by atoms with van der Waals surface area (Å²) in [6.45, 7) is 0.329. The van der Waals surface area contributed by atoms with E-state index in [0.29, 0.717) is 28.6 Å². The van der Waals surface area contributed by atoms with E-state index in [1.54, 1.807) is 12.1 Å². The van der Waals surface area contributed by atoms with E-state index in [1.165, 1.54) is 36.0 Å². The van der Waals surface area contributed by atoms with Crippen molar-refractivity contribution in [3.8, 4) is 0 Å². The van der Waals surface area contributed by atoms with Gasteiger partial charge in [0.2, 0.25) is 10.0 Å². The largest absolute Gasteiger partial charge is 0.351 e. The first-order valence-electron chi connectivity index (χ1n) is 7.73. The van der Waals surface area contributed by atoms with Gasteiger partial charge in [0.1, 0.15) is 5.82 Å². The molecule has 0 bridgehead atoms. The van der Waals surface area contributed by atoms with Crippen LogP contribution in [0.2, 0.25) is 10.0 Å². The average molecular weight is 451 g/mol. The first kappa shape index (κ1) is 21.8. The minimum absolute atomic E-state index is 0.160. The lowest BCUT2D eigenvalue weighted by atomic mass is 10.2. The molecule has 2 aromatic carbocycles. The number of hydrogen-bond donors (Lipinski definition) is 2. The van der Waals surface area contributed by atoms with Gasteiger partial charge in [0.05, 0.1) is 16.8 Å². The SMILES string of the molecule is CS(=O)(=O)Nc1ccc(Cl)c(C(=O)NCCSCc2c(F)cccc2Cl)c1. The number of thioether (sulfide) groups is 1. The van der Waals surface area contributed by atoms with E-state index in [0.717, 1.165) is 6.26 Å². The van der Waals surface area contributed by atoms with Crippen molar-refractivity contribution in [1.82, 2.24) is 5.32 Å². The molecule has 0 fully saturated rings. The van der Waals surface area contributed by atoms with Crippen LogP contribution in [0.1, 0.15) is 15.9 Å². The van der Waals surface area contributed by atoms with E-state index in [-0.39, 0.29) is 22.1 Å². The number of nitrogens with one attached hydrogen (secondary N) is 2. The molecular weight excluding hydrogens is 434 g/mol. The molecule has 1 amide bonds. The second-order valence-corrected chi connectivity index (χ2v) is 9.25. The van der Waals surface area contributed by atoms with Crippen molar-refractivity contribution in [2.45, 2.75) is 5.75 Å². The van der Waals surface area contributed by atoms with Crippen molar-refractivity contribution < 1.29 is 17.6 Å². The number of amides is 1. The zero-order valence-electron chi connectivity index (χ0n) is 14.3. The molecule has 2 N–H and O–H groups in total. The normalized spacial score (nSPS) is 11.3. The highest BCUT2D eigenvalue weighted by Crippen LogP contribution is 2.24. The van der Waals surface area contributed by atoms with E-state index in [9.17, 15) is 17.6 Å². The third-order valence-electron chi connectivity index (χ3n) is 3.35. The molecule has 27 heavy (non-hydrogen) atoms. The second-order valence-electron chi connectivity index (χ2n) is 5.58. The summed E-state index contributed by atoms with van der Waals surface area (Å²) in [5.74, 6) is 0.133. The van der Waals surface area contributed by atoms with Crippen molar-refractivity contribution in [2.24, 2.45) is 0 Å². The maximum Gasteiger partial charge on any atom is 0.252 e. The molecule has 146 valence electrons. The highest BCUT2D eigenvalue weighted by molar-refractivity contribution is 7.98. The molecule has 0 radical (unpaired) electrons. The van der Waals surface area contributed by atoms with Crippen molar-refractivity contribution in [2.75, 3.05) is 23.3 Å². The Labute approximate surface area is 171 Å². The third-order valence-corrected chi connectivity index (χ3v) is 5.63. The van der Waals surface area contributed by atoms with Crippen LogP contribution in [0.3, 0.4) is 0 Å². The Morgan fingerprint density at radius 3 is 2.59 bits per heavy atom. The molecule has 2 rings (SSSR count). The fourth-order valence-corrected chi connectivity index (χ4v) is 4.11. The number of sulfonamides is 1. The lowest BCUT2D eigenvalue weighted by Crippen LogP contribution is -2.26. The highest BCUT2D eigenvalue weighted by atomic mass is 35.5. The maximum absolute atomic E-state index is 13.7. The molecule has 0 aliphatic heterocycles. The summed E-state index contributed by atoms with van der Waals surface area (Å²) < 4.78 is 38.6. The van der Waals surface area contributed by atoms with Gasteiger partial charge in [-0.05, 0) is 30.3 Å². The Hall–Kier alpha value is -1.48. The Balaban J connectivity index is 1.88. The number of halogens is 3. The second kappa shape index (κ2) is 9.64. The number of benzene rings is 2. The summed E-state index contributed by atoms with van der Waals surface area (Å²) in [7, 11) is -3.46. The Morgan fingerprint density at radius 2 is 1.93 bits per heavy atom.